The van der Waals surface area contributed by atoms with E-state index in [1.807, 2.05) is 0 Å². The Morgan fingerprint density at radius 2 is 1.89 bits per heavy atom. The van der Waals surface area contributed by atoms with Gasteiger partial charge in [-0.2, -0.15) is 4.98 Å². The first-order valence-electron chi connectivity index (χ1n) is 9.05. The third kappa shape index (κ3) is 3.37. The molecule has 9 heteroatoms. The third-order valence-corrected chi connectivity index (χ3v) is 6.91. The van der Waals surface area contributed by atoms with Crippen LogP contribution < -0.4 is 0 Å². The molecule has 1 aromatic carbocycles. The standard InChI is InChI=1S/C18H22N4O4S/c1-21(2)27(24,25)14-9-7-13(8-10-14)18(23)22-11-3-4-15(22)17-19-16(20-26-17)12-5-6-12/h7-10,12,15H,3-6,11H2,1-2H3. The topological polar surface area (TPSA) is 96.6 Å². The van der Waals surface area contributed by atoms with Gasteiger partial charge >= 0.3 is 0 Å². The van der Waals surface area contributed by atoms with Gasteiger partial charge in [-0.1, -0.05) is 5.16 Å². The number of nitrogens with zero attached hydrogens (tertiary/aromatic N) is 4. The molecule has 0 bridgehead atoms. The summed E-state index contributed by atoms with van der Waals surface area (Å²) in [5.41, 5.74) is 0.446. The van der Waals surface area contributed by atoms with Crippen LogP contribution in [0, 0.1) is 0 Å². The van der Waals surface area contributed by atoms with E-state index in [9.17, 15) is 13.2 Å². The second kappa shape index (κ2) is 6.72. The largest absolute Gasteiger partial charge is 0.337 e. The fourth-order valence-corrected chi connectivity index (χ4v) is 4.20. The van der Waals surface area contributed by atoms with Crippen molar-refractivity contribution in [3.63, 3.8) is 0 Å². The predicted molar refractivity (Wildman–Crippen MR) is 96.6 cm³/mol. The molecule has 2 fully saturated rings. The maximum absolute atomic E-state index is 13.0. The van der Waals surface area contributed by atoms with Crippen molar-refractivity contribution in [1.82, 2.24) is 19.3 Å². The average molecular weight is 390 g/mol. The molecule has 0 radical (unpaired) electrons. The number of likely N-dealkylation sites (tertiary alicyclic amines) is 1. The highest BCUT2D eigenvalue weighted by Crippen LogP contribution is 2.40. The van der Waals surface area contributed by atoms with Crippen molar-refractivity contribution < 1.29 is 17.7 Å². The Bertz CT molecular complexity index is 948. The molecule has 27 heavy (non-hydrogen) atoms. The van der Waals surface area contributed by atoms with Gasteiger partial charge in [-0.15, -0.1) is 0 Å². The summed E-state index contributed by atoms with van der Waals surface area (Å²) >= 11 is 0. The van der Waals surface area contributed by atoms with E-state index in [1.165, 1.54) is 26.2 Å². The van der Waals surface area contributed by atoms with Crippen LogP contribution in [-0.2, 0) is 10.0 Å². The quantitative estimate of drug-likeness (QED) is 0.776. The molecule has 8 nitrogen and oxygen atoms in total. The fraction of sp³-hybridized carbons (Fsp3) is 0.500. The predicted octanol–water partition coefficient (Wildman–Crippen LogP) is 2.17. The molecule has 4 rings (SSSR count). The van der Waals surface area contributed by atoms with Crippen LogP contribution >= 0.6 is 0 Å². The van der Waals surface area contributed by atoms with Gasteiger partial charge in [0, 0.05) is 32.1 Å². The smallest absolute Gasteiger partial charge is 0.254 e. The summed E-state index contributed by atoms with van der Waals surface area (Å²) < 4.78 is 30.9. The van der Waals surface area contributed by atoms with Crippen molar-refractivity contribution >= 4 is 15.9 Å². The van der Waals surface area contributed by atoms with Crippen molar-refractivity contribution in [3.05, 3.63) is 41.5 Å². The van der Waals surface area contributed by atoms with E-state index in [-0.39, 0.29) is 16.8 Å². The molecular formula is C18H22N4O4S. The van der Waals surface area contributed by atoms with Gasteiger partial charge in [0.2, 0.25) is 15.9 Å². The molecule has 1 aliphatic heterocycles. The van der Waals surface area contributed by atoms with Crippen LogP contribution in [0.1, 0.15) is 59.7 Å². The van der Waals surface area contributed by atoms with Gasteiger partial charge in [0.1, 0.15) is 6.04 Å². The summed E-state index contributed by atoms with van der Waals surface area (Å²) in [7, 11) is -0.565. The normalized spacial score (nSPS) is 20.4. The van der Waals surface area contributed by atoms with E-state index in [4.69, 9.17) is 4.52 Å². The van der Waals surface area contributed by atoms with Gasteiger partial charge in [0.05, 0.1) is 4.90 Å². The van der Waals surface area contributed by atoms with Gasteiger partial charge < -0.3 is 9.42 Å². The molecule has 0 N–H and O–H groups in total. The van der Waals surface area contributed by atoms with E-state index < -0.39 is 10.0 Å². The first kappa shape index (κ1) is 18.1. The Labute approximate surface area is 158 Å². The van der Waals surface area contributed by atoms with Crippen molar-refractivity contribution in [2.45, 2.75) is 42.5 Å². The molecular weight excluding hydrogens is 368 g/mol. The second-order valence-electron chi connectivity index (χ2n) is 7.23. The van der Waals surface area contributed by atoms with E-state index in [0.717, 1.165) is 35.8 Å². The van der Waals surface area contributed by atoms with Crippen molar-refractivity contribution in [3.8, 4) is 0 Å². The highest BCUT2D eigenvalue weighted by atomic mass is 32.2. The van der Waals surface area contributed by atoms with Crippen molar-refractivity contribution in [2.75, 3.05) is 20.6 Å². The average Bonchev–Trinajstić information content (AvgIpc) is 3.19. The number of hydrogen-bond donors (Lipinski definition) is 0. The molecule has 1 saturated carbocycles. The Kier molecular flexibility index (Phi) is 4.51. The monoisotopic (exact) mass is 390 g/mol. The maximum atomic E-state index is 13.0. The van der Waals surface area contributed by atoms with Gasteiger partial charge in [-0.25, -0.2) is 12.7 Å². The van der Waals surface area contributed by atoms with Crippen LogP contribution in [-0.4, -0.2) is 54.3 Å². The lowest BCUT2D eigenvalue weighted by molar-refractivity contribution is 0.0710. The zero-order chi connectivity index (χ0) is 19.2. The first-order valence-corrected chi connectivity index (χ1v) is 10.5. The van der Waals surface area contributed by atoms with E-state index in [1.54, 1.807) is 17.0 Å². The number of carbonyl (C=O) groups is 1. The minimum Gasteiger partial charge on any atom is -0.337 e. The lowest BCUT2D eigenvalue weighted by Crippen LogP contribution is -2.30. The first-order chi connectivity index (χ1) is 12.9. The van der Waals surface area contributed by atoms with Crippen LogP contribution in [0.2, 0.25) is 0 Å². The molecule has 0 spiro atoms. The second-order valence-corrected chi connectivity index (χ2v) is 9.39. The van der Waals surface area contributed by atoms with E-state index >= 15 is 0 Å². The van der Waals surface area contributed by atoms with Crippen molar-refractivity contribution in [1.29, 1.82) is 0 Å². The molecule has 2 aliphatic rings. The summed E-state index contributed by atoms with van der Waals surface area (Å²) in [4.78, 5) is 19.3. The van der Waals surface area contributed by atoms with Crippen molar-refractivity contribution in [2.24, 2.45) is 0 Å². The molecule has 1 amide bonds. The summed E-state index contributed by atoms with van der Waals surface area (Å²) in [5.74, 6) is 1.48. The molecule has 2 heterocycles. The maximum Gasteiger partial charge on any atom is 0.254 e. The third-order valence-electron chi connectivity index (χ3n) is 5.08. The number of sulfonamides is 1. The highest BCUT2D eigenvalue weighted by molar-refractivity contribution is 7.89. The lowest BCUT2D eigenvalue weighted by Gasteiger charge is -2.22. The minimum atomic E-state index is -3.52. The molecule has 1 aromatic heterocycles. The number of amides is 1. The number of aromatic nitrogens is 2. The van der Waals surface area contributed by atoms with Crippen LogP contribution in [0.3, 0.4) is 0 Å². The minimum absolute atomic E-state index is 0.155. The Hall–Kier alpha value is -2.26. The van der Waals surface area contributed by atoms with Crippen LogP contribution in [0.5, 0.6) is 0 Å². The Morgan fingerprint density at radius 1 is 1.19 bits per heavy atom. The number of carbonyl (C=O) groups excluding carboxylic acids is 1. The van der Waals surface area contributed by atoms with E-state index in [2.05, 4.69) is 10.1 Å². The highest BCUT2D eigenvalue weighted by Gasteiger charge is 2.36. The molecule has 1 atom stereocenters. The van der Waals surface area contributed by atoms with Gasteiger partial charge in [-0.3, -0.25) is 4.79 Å². The van der Waals surface area contributed by atoms with Crippen LogP contribution in [0.25, 0.3) is 0 Å². The molecule has 2 aromatic rings. The number of benzene rings is 1. The summed E-state index contributed by atoms with van der Waals surface area (Å²) in [6.07, 6.45) is 3.83. The van der Waals surface area contributed by atoms with Gasteiger partial charge in [0.15, 0.2) is 5.82 Å². The zero-order valence-corrected chi connectivity index (χ0v) is 16.1. The molecule has 144 valence electrons. The SMILES string of the molecule is CN(C)S(=O)(=O)c1ccc(C(=O)N2CCCC2c2nc(C3CC3)no2)cc1. The number of hydrogen-bond acceptors (Lipinski definition) is 6. The Morgan fingerprint density at radius 3 is 2.52 bits per heavy atom. The van der Waals surface area contributed by atoms with Crippen LogP contribution in [0.15, 0.2) is 33.7 Å². The fourth-order valence-electron chi connectivity index (χ4n) is 3.30. The zero-order valence-electron chi connectivity index (χ0n) is 15.3. The molecule has 1 unspecified atom stereocenters. The lowest BCUT2D eigenvalue weighted by atomic mass is 10.1. The summed E-state index contributed by atoms with van der Waals surface area (Å²) in [5, 5.41) is 4.05. The van der Waals surface area contributed by atoms with Gasteiger partial charge in [-0.05, 0) is 49.9 Å². The Balaban J connectivity index is 1.54. The summed E-state index contributed by atoms with van der Waals surface area (Å²) in [6, 6.07) is 5.81. The molecule has 1 aliphatic carbocycles. The van der Waals surface area contributed by atoms with E-state index in [0.29, 0.717) is 23.9 Å². The number of rotatable bonds is 5. The van der Waals surface area contributed by atoms with Crippen LogP contribution in [0.4, 0.5) is 0 Å². The molecule has 1 saturated heterocycles. The summed E-state index contributed by atoms with van der Waals surface area (Å²) in [6.45, 7) is 0.613. The van der Waals surface area contributed by atoms with Gasteiger partial charge in [0.25, 0.3) is 5.91 Å².